The van der Waals surface area contributed by atoms with E-state index in [1.54, 1.807) is 24.3 Å². The summed E-state index contributed by atoms with van der Waals surface area (Å²) in [5, 5.41) is 3.46. The predicted octanol–water partition coefficient (Wildman–Crippen LogP) is 6.56. The van der Waals surface area contributed by atoms with E-state index in [0.717, 1.165) is 15.7 Å². The highest BCUT2D eigenvalue weighted by atomic mass is 79.9. The lowest BCUT2D eigenvalue weighted by molar-refractivity contribution is 0.0907. The van der Waals surface area contributed by atoms with Gasteiger partial charge in [-0.15, -0.1) is 0 Å². The lowest BCUT2D eigenvalue weighted by atomic mass is 10.1. The molecular weight excluding hydrogens is 480 g/mol. The Morgan fingerprint density at radius 3 is 2.58 bits per heavy atom. The summed E-state index contributed by atoms with van der Waals surface area (Å²) in [6, 6.07) is 20.6. The van der Waals surface area contributed by atoms with Crippen molar-refractivity contribution in [2.24, 2.45) is 0 Å². The highest BCUT2D eigenvalue weighted by Gasteiger charge is 2.16. The molecule has 2 aromatic carbocycles. The molecule has 1 N–H and O–H groups in total. The van der Waals surface area contributed by atoms with Gasteiger partial charge in [-0.1, -0.05) is 39.7 Å². The van der Waals surface area contributed by atoms with Crippen LogP contribution in [-0.4, -0.2) is 10.5 Å². The highest BCUT2D eigenvalue weighted by molar-refractivity contribution is 9.10. The Kier molecular flexibility index (Phi) is 6.49. The van der Waals surface area contributed by atoms with Crippen LogP contribution in [0.15, 0.2) is 88.0 Å². The predicted molar refractivity (Wildman–Crippen MR) is 124 cm³/mol. The molecule has 1 atom stereocenters. The SMILES string of the molecule is CC(NC(=O)c1ccc(COc2ccc(Br)cc2Cl)o1)c1ccc(-n2cccc2)cc1. The molecule has 5 nitrogen and oxygen atoms in total. The fraction of sp³-hybridized carbons (Fsp3) is 0.125. The molecule has 1 amide bonds. The minimum atomic E-state index is -0.282. The number of nitrogens with zero attached hydrogens (tertiary/aromatic N) is 1. The van der Waals surface area contributed by atoms with Crippen molar-refractivity contribution in [1.29, 1.82) is 0 Å². The van der Waals surface area contributed by atoms with Crippen molar-refractivity contribution in [3.05, 3.63) is 106 Å². The molecule has 1 unspecified atom stereocenters. The normalized spacial score (nSPS) is 11.8. The molecule has 0 aliphatic carbocycles. The van der Waals surface area contributed by atoms with Gasteiger partial charge in [-0.25, -0.2) is 0 Å². The molecule has 0 bridgehead atoms. The molecule has 0 saturated heterocycles. The van der Waals surface area contributed by atoms with Crippen LogP contribution >= 0.6 is 27.5 Å². The average Bonchev–Trinajstić information content (AvgIpc) is 3.46. The third-order valence-corrected chi connectivity index (χ3v) is 5.58. The zero-order chi connectivity index (χ0) is 21.8. The van der Waals surface area contributed by atoms with E-state index in [-0.39, 0.29) is 24.3 Å². The van der Waals surface area contributed by atoms with Crippen LogP contribution in [0.3, 0.4) is 0 Å². The molecular formula is C24H20BrClN2O3. The standard InChI is InChI=1S/C24H20BrClN2O3/c1-16(17-4-7-19(8-5-17)28-12-2-3-13-28)27-24(29)23-11-9-20(31-23)15-30-22-10-6-18(25)14-21(22)26/h2-14,16H,15H2,1H3,(H,27,29). The van der Waals surface area contributed by atoms with E-state index >= 15 is 0 Å². The van der Waals surface area contributed by atoms with Crippen LogP contribution in [0.2, 0.25) is 5.02 Å². The van der Waals surface area contributed by atoms with Crippen molar-refractivity contribution in [2.45, 2.75) is 19.6 Å². The van der Waals surface area contributed by atoms with Gasteiger partial charge in [-0.3, -0.25) is 4.79 Å². The maximum Gasteiger partial charge on any atom is 0.287 e. The number of aromatic nitrogens is 1. The van der Waals surface area contributed by atoms with Crippen LogP contribution < -0.4 is 10.1 Å². The smallest absolute Gasteiger partial charge is 0.287 e. The Bertz CT molecular complexity index is 1170. The number of hydrogen-bond acceptors (Lipinski definition) is 3. The van der Waals surface area contributed by atoms with Crippen molar-refractivity contribution < 1.29 is 13.9 Å². The summed E-state index contributed by atoms with van der Waals surface area (Å²) in [6.07, 6.45) is 3.98. The van der Waals surface area contributed by atoms with Crippen molar-refractivity contribution in [1.82, 2.24) is 9.88 Å². The van der Waals surface area contributed by atoms with Crippen LogP contribution in [-0.2, 0) is 6.61 Å². The Hall–Kier alpha value is -2.96. The van der Waals surface area contributed by atoms with Crippen molar-refractivity contribution >= 4 is 33.4 Å². The fourth-order valence-corrected chi connectivity index (χ4v) is 3.84. The molecule has 0 saturated carbocycles. The van der Waals surface area contributed by atoms with E-state index in [0.29, 0.717) is 16.5 Å². The first kappa shape index (κ1) is 21.3. The minimum absolute atomic E-state index is 0.169. The monoisotopic (exact) mass is 498 g/mol. The molecule has 2 heterocycles. The van der Waals surface area contributed by atoms with Gasteiger partial charge in [0.2, 0.25) is 0 Å². The molecule has 0 fully saturated rings. The summed E-state index contributed by atoms with van der Waals surface area (Å²) in [6.45, 7) is 2.11. The van der Waals surface area contributed by atoms with Crippen LogP contribution in [0, 0.1) is 0 Å². The molecule has 158 valence electrons. The highest BCUT2D eigenvalue weighted by Crippen LogP contribution is 2.28. The number of rotatable bonds is 7. The van der Waals surface area contributed by atoms with Crippen LogP contribution in [0.25, 0.3) is 5.69 Å². The summed E-state index contributed by atoms with van der Waals surface area (Å²) >= 11 is 9.51. The minimum Gasteiger partial charge on any atom is -0.484 e. The molecule has 0 spiro atoms. The van der Waals surface area contributed by atoms with E-state index in [4.69, 9.17) is 20.8 Å². The number of hydrogen-bond donors (Lipinski definition) is 1. The molecule has 4 rings (SSSR count). The zero-order valence-electron chi connectivity index (χ0n) is 16.7. The van der Waals surface area contributed by atoms with Crippen molar-refractivity contribution in [3.8, 4) is 11.4 Å². The number of ether oxygens (including phenoxy) is 1. The zero-order valence-corrected chi connectivity index (χ0v) is 19.1. The first-order chi connectivity index (χ1) is 15.0. The van der Waals surface area contributed by atoms with Gasteiger partial charge in [-0.2, -0.15) is 0 Å². The van der Waals surface area contributed by atoms with Crippen molar-refractivity contribution in [3.63, 3.8) is 0 Å². The van der Waals surface area contributed by atoms with Gasteiger partial charge in [0.25, 0.3) is 5.91 Å². The first-order valence-corrected chi connectivity index (χ1v) is 10.9. The molecule has 2 aromatic heterocycles. The molecule has 0 aliphatic heterocycles. The number of amides is 1. The van der Waals surface area contributed by atoms with Gasteiger partial charge in [0.1, 0.15) is 18.1 Å². The fourth-order valence-electron chi connectivity index (χ4n) is 3.11. The third-order valence-electron chi connectivity index (χ3n) is 4.79. The van der Waals surface area contributed by atoms with Gasteiger partial charge in [0.05, 0.1) is 11.1 Å². The third kappa shape index (κ3) is 5.21. The van der Waals surface area contributed by atoms with Gasteiger partial charge < -0.3 is 19.0 Å². The van der Waals surface area contributed by atoms with Gasteiger partial charge >= 0.3 is 0 Å². The van der Waals surface area contributed by atoms with E-state index in [1.165, 1.54) is 0 Å². The number of carbonyl (C=O) groups excluding carboxylic acids is 1. The molecule has 0 aliphatic rings. The van der Waals surface area contributed by atoms with E-state index < -0.39 is 0 Å². The van der Waals surface area contributed by atoms with E-state index in [9.17, 15) is 4.79 Å². The first-order valence-electron chi connectivity index (χ1n) is 9.70. The summed E-state index contributed by atoms with van der Waals surface area (Å²) < 4.78 is 14.2. The summed E-state index contributed by atoms with van der Waals surface area (Å²) in [4.78, 5) is 12.6. The molecule has 0 radical (unpaired) electrons. The summed E-state index contributed by atoms with van der Waals surface area (Å²) in [7, 11) is 0. The maximum absolute atomic E-state index is 12.6. The quantitative estimate of drug-likeness (QED) is 0.313. The number of nitrogens with one attached hydrogen (secondary N) is 1. The number of carbonyl (C=O) groups is 1. The van der Waals surface area contributed by atoms with Crippen LogP contribution in [0.4, 0.5) is 0 Å². The lowest BCUT2D eigenvalue weighted by Gasteiger charge is -2.14. The van der Waals surface area contributed by atoms with Gasteiger partial charge in [-0.05, 0) is 67.1 Å². The number of furan rings is 1. The average molecular weight is 500 g/mol. The van der Waals surface area contributed by atoms with Gasteiger partial charge in [0.15, 0.2) is 5.76 Å². The van der Waals surface area contributed by atoms with Crippen LogP contribution in [0.1, 0.15) is 34.8 Å². The Morgan fingerprint density at radius 1 is 1.13 bits per heavy atom. The molecule has 4 aromatic rings. The Morgan fingerprint density at radius 2 is 1.87 bits per heavy atom. The molecule has 7 heteroatoms. The van der Waals surface area contributed by atoms with E-state index in [2.05, 4.69) is 21.2 Å². The summed E-state index contributed by atoms with van der Waals surface area (Å²) in [5.41, 5.74) is 2.07. The number of benzene rings is 2. The summed E-state index contributed by atoms with van der Waals surface area (Å²) in [5.74, 6) is 1.03. The van der Waals surface area contributed by atoms with Crippen molar-refractivity contribution in [2.75, 3.05) is 0 Å². The van der Waals surface area contributed by atoms with Gasteiger partial charge in [0, 0.05) is 22.6 Å². The van der Waals surface area contributed by atoms with Crippen LogP contribution in [0.5, 0.6) is 5.75 Å². The lowest BCUT2D eigenvalue weighted by Crippen LogP contribution is -2.26. The van der Waals surface area contributed by atoms with E-state index in [1.807, 2.05) is 66.3 Å². The topological polar surface area (TPSA) is 56.4 Å². The second-order valence-electron chi connectivity index (χ2n) is 7.01. The number of halogens is 2. The maximum atomic E-state index is 12.6. The second kappa shape index (κ2) is 9.45. The second-order valence-corrected chi connectivity index (χ2v) is 8.33. The Balaban J connectivity index is 1.35. The molecule has 31 heavy (non-hydrogen) atoms. The largest absolute Gasteiger partial charge is 0.484 e. The Labute approximate surface area is 193 Å².